The van der Waals surface area contributed by atoms with Crippen LogP contribution in [-0.2, 0) is 6.42 Å². The quantitative estimate of drug-likeness (QED) is 0.354. The highest BCUT2D eigenvalue weighted by atomic mass is 32.1. The molecule has 2 amide bonds. The predicted molar refractivity (Wildman–Crippen MR) is 127 cm³/mol. The van der Waals surface area contributed by atoms with Crippen molar-refractivity contribution in [3.63, 3.8) is 0 Å². The Balaban J connectivity index is 1.66. The minimum atomic E-state index is -0.363. The predicted octanol–water partition coefficient (Wildman–Crippen LogP) is 2.93. The molecule has 33 heavy (non-hydrogen) atoms. The number of nitrogens with one attached hydrogen (secondary N) is 2. The molecule has 3 N–H and O–H groups in total. The molecule has 0 spiro atoms. The number of amides is 2. The van der Waals surface area contributed by atoms with Gasteiger partial charge in [0.15, 0.2) is 5.65 Å². The van der Waals surface area contributed by atoms with E-state index in [2.05, 4.69) is 15.6 Å². The Hall–Kier alpha value is -3.56. The third kappa shape index (κ3) is 4.94. The molecule has 8 nitrogen and oxygen atoms in total. The summed E-state index contributed by atoms with van der Waals surface area (Å²) in [7, 11) is 0. The third-order valence-corrected chi connectivity index (χ3v) is 6.08. The molecule has 0 bridgehead atoms. The lowest BCUT2D eigenvalue weighted by atomic mass is 10.1. The van der Waals surface area contributed by atoms with Crippen LogP contribution in [0.2, 0.25) is 0 Å². The van der Waals surface area contributed by atoms with Crippen LogP contribution in [0.1, 0.15) is 39.8 Å². The van der Waals surface area contributed by atoms with Crippen LogP contribution >= 0.6 is 11.3 Å². The highest BCUT2D eigenvalue weighted by Crippen LogP contribution is 2.28. The topological polar surface area (TPSA) is 109 Å². The Labute approximate surface area is 195 Å². The first kappa shape index (κ1) is 22.6. The molecule has 0 saturated carbocycles. The molecule has 4 heterocycles. The lowest BCUT2D eigenvalue weighted by Gasteiger charge is -2.14. The van der Waals surface area contributed by atoms with Crippen LogP contribution < -0.4 is 10.6 Å². The van der Waals surface area contributed by atoms with Gasteiger partial charge in [-0.1, -0.05) is 6.92 Å². The van der Waals surface area contributed by atoms with E-state index in [1.807, 2.05) is 35.9 Å². The van der Waals surface area contributed by atoms with Gasteiger partial charge in [0.2, 0.25) is 0 Å². The monoisotopic (exact) mass is 463 g/mol. The zero-order valence-corrected chi connectivity index (χ0v) is 19.0. The molecule has 0 aromatic carbocycles. The molecule has 4 aromatic rings. The number of hydrogen-bond donors (Lipinski definition) is 3. The second-order valence-corrected chi connectivity index (χ2v) is 8.34. The van der Waals surface area contributed by atoms with Gasteiger partial charge < -0.3 is 15.7 Å². The van der Waals surface area contributed by atoms with Gasteiger partial charge in [-0.3, -0.25) is 19.0 Å². The van der Waals surface area contributed by atoms with Gasteiger partial charge >= 0.3 is 0 Å². The minimum Gasteiger partial charge on any atom is -0.394 e. The molecule has 0 fully saturated rings. The fraction of sp³-hybridized carbons (Fsp3) is 0.250. The van der Waals surface area contributed by atoms with E-state index in [0.717, 1.165) is 11.1 Å². The van der Waals surface area contributed by atoms with Gasteiger partial charge in [0.05, 0.1) is 18.2 Å². The zero-order chi connectivity index (χ0) is 23.2. The number of imidazole rings is 1. The Kier molecular flexibility index (Phi) is 7.11. The van der Waals surface area contributed by atoms with Crippen molar-refractivity contribution in [3.05, 3.63) is 76.5 Å². The lowest BCUT2D eigenvalue weighted by molar-refractivity contribution is 0.0907. The van der Waals surface area contributed by atoms with E-state index in [0.29, 0.717) is 42.0 Å². The van der Waals surface area contributed by atoms with E-state index in [1.54, 1.807) is 35.1 Å². The highest BCUT2D eigenvalue weighted by Gasteiger charge is 2.25. The number of rotatable bonds is 9. The number of carbonyl (C=O) groups excluding carboxylic acids is 2. The summed E-state index contributed by atoms with van der Waals surface area (Å²) in [6, 6.07) is 8.78. The number of hydrogen-bond acceptors (Lipinski definition) is 6. The number of aromatic nitrogens is 3. The molecule has 4 aromatic heterocycles. The standard InChI is InChI=1S/C24H25N5O3S/c1-2-18(14-30)27-24(32)21-20(17-8-13-33-15-17)28-22-19(4-3-12-29(21)22)23(31)26-11-7-16-5-9-25-10-6-16/h3-6,8-10,12-13,15,18,30H,2,7,11,14H2,1H3,(H,26,31)(H,27,32). The number of nitrogens with zero attached hydrogens (tertiary/aromatic N) is 3. The van der Waals surface area contributed by atoms with Crippen molar-refractivity contribution in [2.45, 2.75) is 25.8 Å². The summed E-state index contributed by atoms with van der Waals surface area (Å²) >= 11 is 1.50. The molecule has 1 atom stereocenters. The third-order valence-electron chi connectivity index (χ3n) is 5.40. The average molecular weight is 464 g/mol. The maximum Gasteiger partial charge on any atom is 0.270 e. The summed E-state index contributed by atoms with van der Waals surface area (Å²) in [6.07, 6.45) is 6.44. The molecule has 9 heteroatoms. The van der Waals surface area contributed by atoms with Crippen LogP contribution in [0.25, 0.3) is 16.9 Å². The zero-order valence-electron chi connectivity index (χ0n) is 18.2. The average Bonchev–Trinajstić information content (AvgIpc) is 3.50. The van der Waals surface area contributed by atoms with Crippen LogP contribution in [0.4, 0.5) is 0 Å². The number of aliphatic hydroxyl groups is 1. The van der Waals surface area contributed by atoms with Crippen LogP contribution in [0.15, 0.2) is 59.7 Å². The highest BCUT2D eigenvalue weighted by molar-refractivity contribution is 7.08. The smallest absolute Gasteiger partial charge is 0.270 e. The lowest BCUT2D eigenvalue weighted by Crippen LogP contribution is -2.37. The van der Waals surface area contributed by atoms with Gasteiger partial charge in [-0.25, -0.2) is 4.98 Å². The van der Waals surface area contributed by atoms with E-state index in [1.165, 1.54) is 11.3 Å². The van der Waals surface area contributed by atoms with Gasteiger partial charge in [0.25, 0.3) is 11.8 Å². The van der Waals surface area contributed by atoms with Crippen molar-refractivity contribution >= 4 is 28.8 Å². The van der Waals surface area contributed by atoms with Gasteiger partial charge in [-0.15, -0.1) is 0 Å². The summed E-state index contributed by atoms with van der Waals surface area (Å²) in [4.78, 5) is 34.9. The Morgan fingerprint density at radius 3 is 2.70 bits per heavy atom. The van der Waals surface area contributed by atoms with Gasteiger partial charge in [0, 0.05) is 36.1 Å². The first-order valence-electron chi connectivity index (χ1n) is 10.7. The summed E-state index contributed by atoms with van der Waals surface area (Å²) in [5.41, 5.74) is 3.51. The maximum absolute atomic E-state index is 13.2. The molecule has 4 rings (SSSR count). The van der Waals surface area contributed by atoms with Crippen molar-refractivity contribution in [2.24, 2.45) is 0 Å². The Morgan fingerprint density at radius 1 is 1.18 bits per heavy atom. The summed E-state index contributed by atoms with van der Waals surface area (Å²) in [6.45, 7) is 2.20. The fourth-order valence-electron chi connectivity index (χ4n) is 3.56. The number of aliphatic hydroxyl groups excluding tert-OH is 1. The van der Waals surface area contributed by atoms with Crippen LogP contribution in [-0.4, -0.2) is 50.5 Å². The van der Waals surface area contributed by atoms with E-state index in [4.69, 9.17) is 4.98 Å². The van der Waals surface area contributed by atoms with Crippen LogP contribution in [0.3, 0.4) is 0 Å². The number of pyridine rings is 2. The van der Waals surface area contributed by atoms with E-state index in [9.17, 15) is 14.7 Å². The molecule has 0 radical (unpaired) electrons. The maximum atomic E-state index is 13.2. The summed E-state index contributed by atoms with van der Waals surface area (Å²) in [5, 5.41) is 19.2. The van der Waals surface area contributed by atoms with Gasteiger partial charge in [0.1, 0.15) is 11.4 Å². The van der Waals surface area contributed by atoms with Gasteiger partial charge in [-0.2, -0.15) is 11.3 Å². The van der Waals surface area contributed by atoms with E-state index >= 15 is 0 Å². The fourth-order valence-corrected chi connectivity index (χ4v) is 4.20. The van der Waals surface area contributed by atoms with E-state index in [-0.39, 0.29) is 24.5 Å². The minimum absolute atomic E-state index is 0.155. The first-order chi connectivity index (χ1) is 16.1. The Bertz CT molecular complexity index is 1230. The number of carbonyl (C=O) groups is 2. The van der Waals surface area contributed by atoms with Crippen LogP contribution in [0.5, 0.6) is 0 Å². The molecule has 170 valence electrons. The Morgan fingerprint density at radius 2 is 2.00 bits per heavy atom. The molecular formula is C24H25N5O3S. The second kappa shape index (κ2) is 10.4. The normalized spacial score (nSPS) is 11.9. The molecule has 0 aliphatic rings. The van der Waals surface area contributed by atoms with Crippen molar-refractivity contribution < 1.29 is 14.7 Å². The number of thiophene rings is 1. The largest absolute Gasteiger partial charge is 0.394 e. The van der Waals surface area contributed by atoms with E-state index < -0.39 is 0 Å². The molecular weight excluding hydrogens is 438 g/mol. The molecule has 0 aliphatic carbocycles. The van der Waals surface area contributed by atoms with Crippen molar-refractivity contribution in [1.29, 1.82) is 0 Å². The molecule has 0 aliphatic heterocycles. The van der Waals surface area contributed by atoms with Gasteiger partial charge in [-0.05, 0) is 54.1 Å². The summed E-state index contributed by atoms with van der Waals surface area (Å²) in [5.74, 6) is -0.606. The second-order valence-electron chi connectivity index (χ2n) is 7.56. The SMILES string of the molecule is CCC(CO)NC(=O)c1c(-c2ccsc2)nc2c(C(=O)NCCc3ccncc3)cccn12. The molecule has 1 unspecified atom stereocenters. The molecule has 0 saturated heterocycles. The van der Waals surface area contributed by atoms with Crippen LogP contribution in [0, 0.1) is 0 Å². The first-order valence-corrected chi connectivity index (χ1v) is 11.7. The summed E-state index contributed by atoms with van der Waals surface area (Å²) < 4.78 is 1.64. The van der Waals surface area contributed by atoms with Crippen molar-refractivity contribution in [2.75, 3.05) is 13.2 Å². The van der Waals surface area contributed by atoms with Crippen molar-refractivity contribution in [1.82, 2.24) is 25.0 Å². The van der Waals surface area contributed by atoms with Crippen molar-refractivity contribution in [3.8, 4) is 11.3 Å². The number of fused-ring (bicyclic) bond motifs is 1.